The number of piperazine rings is 1. The standard InChI is InChI=1S/C21H33N3O4/c1-3-28-20(27)24-6-4-23(5-7-24)18(25)14(2)22-19(26)21-11-15-8-16(12-21)10-17(9-15)13-21/h14-17H,3-13H2,1-2H3,(H,22,26)/t14-,15?,16?,17?,21?/m0/s1. The normalized spacial score (nSPS) is 34.9. The SMILES string of the molecule is CCOC(=O)N1CCN(C(=O)[C@H](C)NC(=O)C23CC4CC(CC(C4)C2)C3)CC1. The van der Waals surface area contributed by atoms with Gasteiger partial charge in [0.2, 0.25) is 11.8 Å². The monoisotopic (exact) mass is 391 g/mol. The van der Waals surface area contributed by atoms with Crippen molar-refractivity contribution in [3.63, 3.8) is 0 Å². The van der Waals surface area contributed by atoms with Crippen LogP contribution in [0.15, 0.2) is 0 Å². The zero-order valence-corrected chi connectivity index (χ0v) is 17.1. The Labute approximate surface area is 167 Å². The van der Waals surface area contributed by atoms with Gasteiger partial charge in [0, 0.05) is 31.6 Å². The molecule has 0 unspecified atom stereocenters. The van der Waals surface area contributed by atoms with Gasteiger partial charge in [0.25, 0.3) is 0 Å². The summed E-state index contributed by atoms with van der Waals surface area (Å²) in [4.78, 5) is 41.2. The van der Waals surface area contributed by atoms with Crippen LogP contribution in [0.2, 0.25) is 0 Å². The minimum absolute atomic E-state index is 0.0541. The molecule has 7 nitrogen and oxygen atoms in total. The van der Waals surface area contributed by atoms with Gasteiger partial charge in [-0.2, -0.15) is 0 Å². The van der Waals surface area contributed by atoms with Gasteiger partial charge in [-0.25, -0.2) is 4.79 Å². The molecule has 3 amide bonds. The summed E-state index contributed by atoms with van der Waals surface area (Å²) in [5.74, 6) is 2.16. The summed E-state index contributed by atoms with van der Waals surface area (Å²) in [5, 5.41) is 3.05. The fraction of sp³-hybridized carbons (Fsp3) is 0.857. The number of nitrogens with one attached hydrogen (secondary N) is 1. The lowest BCUT2D eigenvalue weighted by atomic mass is 9.49. The predicted octanol–water partition coefficient (Wildman–Crippen LogP) is 2.01. The summed E-state index contributed by atoms with van der Waals surface area (Å²) >= 11 is 0. The number of hydrogen-bond acceptors (Lipinski definition) is 4. The molecule has 1 aliphatic heterocycles. The van der Waals surface area contributed by atoms with Gasteiger partial charge in [-0.15, -0.1) is 0 Å². The quantitative estimate of drug-likeness (QED) is 0.795. The van der Waals surface area contributed by atoms with E-state index in [-0.39, 0.29) is 23.3 Å². The van der Waals surface area contributed by atoms with Crippen molar-refractivity contribution in [1.29, 1.82) is 0 Å². The van der Waals surface area contributed by atoms with Crippen molar-refractivity contribution < 1.29 is 19.1 Å². The highest BCUT2D eigenvalue weighted by Gasteiger charge is 2.54. The van der Waals surface area contributed by atoms with Gasteiger partial charge in [-0.05, 0) is 70.1 Å². The van der Waals surface area contributed by atoms with Crippen molar-refractivity contribution in [3.05, 3.63) is 0 Å². The average molecular weight is 392 g/mol. The Kier molecular flexibility index (Phi) is 5.27. The molecule has 1 N–H and O–H groups in total. The highest BCUT2D eigenvalue weighted by molar-refractivity contribution is 5.90. The molecule has 28 heavy (non-hydrogen) atoms. The molecular weight excluding hydrogens is 358 g/mol. The summed E-state index contributed by atoms with van der Waals surface area (Å²) in [5.41, 5.74) is -0.230. The molecule has 1 atom stereocenters. The van der Waals surface area contributed by atoms with Gasteiger partial charge in [-0.1, -0.05) is 0 Å². The number of amides is 3. The van der Waals surface area contributed by atoms with E-state index in [1.54, 1.807) is 23.6 Å². The first-order valence-electron chi connectivity index (χ1n) is 10.9. The predicted molar refractivity (Wildman–Crippen MR) is 103 cm³/mol. The first kappa shape index (κ1) is 19.5. The Morgan fingerprint density at radius 1 is 0.964 bits per heavy atom. The first-order chi connectivity index (χ1) is 13.4. The minimum Gasteiger partial charge on any atom is -0.450 e. The van der Waals surface area contributed by atoms with Crippen LogP contribution in [0.25, 0.3) is 0 Å². The highest BCUT2D eigenvalue weighted by Crippen LogP contribution is 2.60. The summed E-state index contributed by atoms with van der Waals surface area (Å²) in [7, 11) is 0. The largest absolute Gasteiger partial charge is 0.450 e. The fourth-order valence-electron chi connectivity index (χ4n) is 6.40. The fourth-order valence-corrected chi connectivity index (χ4v) is 6.40. The highest BCUT2D eigenvalue weighted by atomic mass is 16.6. The van der Waals surface area contributed by atoms with Gasteiger partial charge in [0.1, 0.15) is 6.04 Å². The van der Waals surface area contributed by atoms with Crippen LogP contribution < -0.4 is 5.32 Å². The van der Waals surface area contributed by atoms with Crippen molar-refractivity contribution in [3.8, 4) is 0 Å². The minimum atomic E-state index is -0.519. The maximum atomic E-state index is 13.2. The van der Waals surface area contributed by atoms with E-state index >= 15 is 0 Å². The van der Waals surface area contributed by atoms with Crippen molar-refractivity contribution in [2.24, 2.45) is 23.2 Å². The second-order valence-electron chi connectivity index (χ2n) is 9.40. The lowest BCUT2D eigenvalue weighted by Gasteiger charge is -2.55. The van der Waals surface area contributed by atoms with Crippen LogP contribution in [0.1, 0.15) is 52.4 Å². The first-order valence-corrected chi connectivity index (χ1v) is 10.9. The van der Waals surface area contributed by atoms with Crippen molar-refractivity contribution in [2.45, 2.75) is 58.4 Å². The Morgan fingerprint density at radius 2 is 1.46 bits per heavy atom. The third-order valence-electron chi connectivity index (χ3n) is 7.36. The van der Waals surface area contributed by atoms with Crippen molar-refractivity contribution >= 4 is 17.9 Å². The van der Waals surface area contributed by atoms with Gasteiger partial charge in [0.15, 0.2) is 0 Å². The van der Waals surface area contributed by atoms with E-state index in [4.69, 9.17) is 4.74 Å². The van der Waals surface area contributed by atoms with E-state index in [1.807, 2.05) is 0 Å². The van der Waals surface area contributed by atoms with Gasteiger partial charge >= 0.3 is 6.09 Å². The number of ether oxygens (including phenoxy) is 1. The second kappa shape index (κ2) is 7.56. The molecule has 5 aliphatic rings. The summed E-state index contributed by atoms with van der Waals surface area (Å²) in [6.07, 6.45) is 6.58. The number of carbonyl (C=O) groups excluding carboxylic acids is 3. The zero-order valence-electron chi connectivity index (χ0n) is 17.1. The van der Waals surface area contributed by atoms with Crippen molar-refractivity contribution in [1.82, 2.24) is 15.1 Å². The van der Waals surface area contributed by atoms with Crippen LogP contribution in [0.5, 0.6) is 0 Å². The Bertz CT molecular complexity index is 606. The molecular formula is C21H33N3O4. The van der Waals surface area contributed by atoms with Gasteiger partial charge in [0.05, 0.1) is 6.61 Å². The van der Waals surface area contributed by atoms with E-state index in [9.17, 15) is 14.4 Å². The number of nitrogens with zero attached hydrogens (tertiary/aromatic N) is 2. The Morgan fingerprint density at radius 3 is 1.96 bits per heavy atom. The van der Waals surface area contributed by atoms with E-state index in [0.29, 0.717) is 50.5 Å². The molecule has 4 aliphatic carbocycles. The van der Waals surface area contributed by atoms with E-state index in [0.717, 1.165) is 19.3 Å². The van der Waals surface area contributed by atoms with E-state index in [2.05, 4.69) is 5.32 Å². The molecule has 0 aromatic rings. The molecule has 5 rings (SSSR count). The summed E-state index contributed by atoms with van der Waals surface area (Å²) < 4.78 is 5.02. The second-order valence-corrected chi connectivity index (χ2v) is 9.40. The molecule has 1 saturated heterocycles. The maximum absolute atomic E-state index is 13.2. The van der Waals surface area contributed by atoms with Crippen molar-refractivity contribution in [2.75, 3.05) is 32.8 Å². The van der Waals surface area contributed by atoms with Gasteiger partial charge in [-0.3, -0.25) is 9.59 Å². The summed E-state index contributed by atoms with van der Waals surface area (Å²) in [6, 6.07) is -0.519. The topological polar surface area (TPSA) is 79.0 Å². The average Bonchev–Trinajstić information content (AvgIpc) is 2.66. The molecule has 156 valence electrons. The lowest BCUT2D eigenvalue weighted by Crippen LogP contribution is -2.58. The van der Waals surface area contributed by atoms with Gasteiger partial charge < -0.3 is 19.9 Å². The van der Waals surface area contributed by atoms with Crippen LogP contribution in [0, 0.1) is 23.2 Å². The van der Waals surface area contributed by atoms with E-state index in [1.165, 1.54) is 19.3 Å². The third kappa shape index (κ3) is 3.60. The molecule has 7 heteroatoms. The van der Waals surface area contributed by atoms with E-state index < -0.39 is 6.04 Å². The molecule has 4 bridgehead atoms. The number of hydrogen-bond donors (Lipinski definition) is 1. The number of carbonyl (C=O) groups is 3. The molecule has 4 saturated carbocycles. The molecule has 0 spiro atoms. The summed E-state index contributed by atoms with van der Waals surface area (Å²) in [6.45, 7) is 5.83. The molecule has 5 fully saturated rings. The molecule has 0 aromatic carbocycles. The smallest absolute Gasteiger partial charge is 0.409 e. The molecule has 0 aromatic heterocycles. The maximum Gasteiger partial charge on any atom is 0.409 e. The lowest BCUT2D eigenvalue weighted by molar-refractivity contribution is -0.149. The number of rotatable bonds is 4. The van der Waals surface area contributed by atoms with Crippen LogP contribution >= 0.6 is 0 Å². The Hall–Kier alpha value is -1.79. The van der Waals surface area contributed by atoms with Crippen LogP contribution in [-0.2, 0) is 14.3 Å². The molecule has 0 radical (unpaired) electrons. The Balaban J connectivity index is 1.30. The van der Waals surface area contributed by atoms with Crippen LogP contribution in [0.3, 0.4) is 0 Å². The third-order valence-corrected chi connectivity index (χ3v) is 7.36. The van der Waals surface area contributed by atoms with Crippen LogP contribution in [-0.4, -0.2) is 66.5 Å². The molecule has 1 heterocycles. The van der Waals surface area contributed by atoms with Crippen LogP contribution in [0.4, 0.5) is 4.79 Å². The zero-order chi connectivity index (χ0) is 19.9.